The highest BCUT2D eigenvalue weighted by atomic mass is 16.5. The number of hydrogen-bond acceptors (Lipinski definition) is 9. The van der Waals surface area contributed by atoms with Crippen molar-refractivity contribution in [2.75, 3.05) is 51.6 Å². The molecule has 0 aliphatic carbocycles. The highest BCUT2D eigenvalue weighted by Crippen LogP contribution is 2.33. The summed E-state index contributed by atoms with van der Waals surface area (Å²) in [6, 6.07) is 11.0. The van der Waals surface area contributed by atoms with Crippen molar-refractivity contribution in [1.82, 2.24) is 14.9 Å². The first kappa shape index (κ1) is 25.4. The van der Waals surface area contributed by atoms with Gasteiger partial charge in [0.15, 0.2) is 0 Å². The quantitative estimate of drug-likeness (QED) is 0.315. The van der Waals surface area contributed by atoms with Gasteiger partial charge in [-0.1, -0.05) is 12.1 Å². The number of hydrogen-bond donors (Lipinski definition) is 2. The van der Waals surface area contributed by atoms with Crippen LogP contribution in [0.15, 0.2) is 54.9 Å². The minimum absolute atomic E-state index is 0.140. The molecule has 0 aliphatic heterocycles. The second-order valence-corrected chi connectivity index (χ2v) is 7.54. The number of esters is 1. The summed E-state index contributed by atoms with van der Waals surface area (Å²) >= 11 is 0. The van der Waals surface area contributed by atoms with Gasteiger partial charge in [0.2, 0.25) is 5.91 Å². The average Bonchev–Trinajstić information content (AvgIpc) is 2.84. The highest BCUT2D eigenvalue weighted by Gasteiger charge is 2.13. The van der Waals surface area contributed by atoms with Crippen LogP contribution in [0, 0.1) is 0 Å². The van der Waals surface area contributed by atoms with E-state index in [4.69, 9.17) is 14.2 Å². The summed E-state index contributed by atoms with van der Waals surface area (Å²) in [5, 5.41) is 6.80. The largest absolute Gasteiger partial charge is 0.497 e. The highest BCUT2D eigenvalue weighted by molar-refractivity contribution is 6.03. The smallest absolute Gasteiger partial charge is 0.320 e. The van der Waals surface area contributed by atoms with Crippen LogP contribution in [0.3, 0.4) is 0 Å². The maximum Gasteiger partial charge on any atom is 0.320 e. The maximum atomic E-state index is 12.5. The van der Waals surface area contributed by atoms with Gasteiger partial charge in [-0.15, -0.1) is 0 Å². The number of methoxy groups -OCH3 is 2. The standard InChI is InChI=1S/C25H29N5O5/c1-5-35-24(32)15-30(2)11-7-10-23(31)29-21-13-19-20(14-22(21)34-4)26-16-27-25(19)28-17-8-6-9-18(12-17)33-3/h6-10,12-14,16H,5,11,15H2,1-4H3,(H,29,31)(H,26,27,28). The second kappa shape index (κ2) is 12.3. The molecule has 0 unspecified atom stereocenters. The molecule has 0 atom stereocenters. The summed E-state index contributed by atoms with van der Waals surface area (Å²) < 4.78 is 15.7. The Morgan fingerprint density at radius 2 is 1.94 bits per heavy atom. The zero-order chi connectivity index (χ0) is 25.2. The van der Waals surface area contributed by atoms with E-state index in [2.05, 4.69) is 20.6 Å². The summed E-state index contributed by atoms with van der Waals surface area (Å²) in [4.78, 5) is 34.5. The van der Waals surface area contributed by atoms with Gasteiger partial charge in [-0.25, -0.2) is 9.97 Å². The van der Waals surface area contributed by atoms with Crippen LogP contribution in [0.5, 0.6) is 11.5 Å². The molecule has 0 spiro atoms. The molecule has 184 valence electrons. The van der Waals surface area contributed by atoms with Crippen LogP contribution in [0.4, 0.5) is 17.2 Å². The normalized spacial score (nSPS) is 11.0. The second-order valence-electron chi connectivity index (χ2n) is 7.54. The van der Waals surface area contributed by atoms with Gasteiger partial charge in [-0.3, -0.25) is 14.5 Å². The molecule has 0 radical (unpaired) electrons. The Bertz CT molecular complexity index is 1210. The van der Waals surface area contributed by atoms with E-state index in [1.54, 1.807) is 44.2 Å². The zero-order valence-corrected chi connectivity index (χ0v) is 20.2. The van der Waals surface area contributed by atoms with Gasteiger partial charge in [0.25, 0.3) is 0 Å². The van der Waals surface area contributed by atoms with Crippen LogP contribution in [-0.2, 0) is 14.3 Å². The summed E-state index contributed by atoms with van der Waals surface area (Å²) in [6.07, 6.45) is 4.53. The van der Waals surface area contributed by atoms with Crippen molar-refractivity contribution >= 4 is 40.0 Å². The van der Waals surface area contributed by atoms with E-state index in [1.807, 2.05) is 24.3 Å². The van der Waals surface area contributed by atoms with Crippen molar-refractivity contribution < 1.29 is 23.8 Å². The van der Waals surface area contributed by atoms with Gasteiger partial charge >= 0.3 is 5.97 Å². The summed E-state index contributed by atoms with van der Waals surface area (Å²) in [5.41, 5.74) is 1.91. The van der Waals surface area contributed by atoms with Crippen LogP contribution in [-0.4, -0.2) is 67.7 Å². The van der Waals surface area contributed by atoms with Crippen molar-refractivity contribution in [1.29, 1.82) is 0 Å². The Kier molecular flexibility index (Phi) is 8.96. The number of anilines is 3. The zero-order valence-electron chi connectivity index (χ0n) is 20.2. The van der Waals surface area contributed by atoms with Gasteiger partial charge in [0.05, 0.1) is 38.6 Å². The molecule has 0 saturated heterocycles. The molecule has 2 aromatic carbocycles. The van der Waals surface area contributed by atoms with Gasteiger partial charge in [-0.2, -0.15) is 0 Å². The maximum absolute atomic E-state index is 12.5. The SMILES string of the molecule is CCOC(=O)CN(C)CC=CC(=O)Nc1cc2c(Nc3cccc(OC)c3)ncnc2cc1OC. The molecule has 10 nitrogen and oxygen atoms in total. The molecule has 1 amide bonds. The number of ether oxygens (including phenoxy) is 3. The lowest BCUT2D eigenvalue weighted by molar-refractivity contribution is -0.143. The number of benzene rings is 2. The Hall–Kier alpha value is -4.18. The molecule has 1 heterocycles. The number of carbonyl (C=O) groups is 2. The minimum atomic E-state index is -0.341. The first-order valence-corrected chi connectivity index (χ1v) is 11.0. The van der Waals surface area contributed by atoms with Crippen LogP contribution in [0.1, 0.15) is 6.92 Å². The number of amides is 1. The predicted octanol–water partition coefficient (Wildman–Crippen LogP) is 3.38. The van der Waals surface area contributed by atoms with E-state index in [-0.39, 0.29) is 18.4 Å². The van der Waals surface area contributed by atoms with Crippen molar-refractivity contribution in [2.24, 2.45) is 0 Å². The van der Waals surface area contributed by atoms with Crippen molar-refractivity contribution in [2.45, 2.75) is 6.92 Å². The average molecular weight is 480 g/mol. The van der Waals surface area contributed by atoms with Crippen LogP contribution < -0.4 is 20.1 Å². The third-order valence-electron chi connectivity index (χ3n) is 4.94. The monoisotopic (exact) mass is 479 g/mol. The first-order valence-electron chi connectivity index (χ1n) is 11.0. The summed E-state index contributed by atoms with van der Waals surface area (Å²) in [5.74, 6) is 1.09. The van der Waals surface area contributed by atoms with Crippen molar-refractivity contribution in [3.8, 4) is 11.5 Å². The van der Waals surface area contributed by atoms with E-state index in [0.717, 1.165) is 5.69 Å². The van der Waals surface area contributed by atoms with E-state index in [0.29, 0.717) is 47.1 Å². The van der Waals surface area contributed by atoms with Crippen molar-refractivity contribution in [3.05, 3.63) is 54.9 Å². The fourth-order valence-electron chi connectivity index (χ4n) is 3.29. The molecule has 0 saturated carbocycles. The van der Waals surface area contributed by atoms with E-state index in [1.165, 1.54) is 19.5 Å². The number of nitrogens with zero attached hydrogens (tertiary/aromatic N) is 3. The molecule has 2 N–H and O–H groups in total. The molecule has 10 heteroatoms. The van der Waals surface area contributed by atoms with Gasteiger partial charge in [0.1, 0.15) is 23.6 Å². The molecule has 3 rings (SSSR count). The fraction of sp³-hybridized carbons (Fsp3) is 0.280. The topological polar surface area (TPSA) is 115 Å². The predicted molar refractivity (Wildman–Crippen MR) is 134 cm³/mol. The lowest BCUT2D eigenvalue weighted by atomic mass is 10.1. The minimum Gasteiger partial charge on any atom is -0.497 e. The van der Waals surface area contributed by atoms with E-state index in [9.17, 15) is 9.59 Å². The number of aromatic nitrogens is 2. The Morgan fingerprint density at radius 1 is 1.11 bits per heavy atom. The van der Waals surface area contributed by atoms with Crippen molar-refractivity contribution in [3.63, 3.8) is 0 Å². The van der Waals surface area contributed by atoms with E-state index >= 15 is 0 Å². The number of carbonyl (C=O) groups excluding carboxylic acids is 2. The molecule has 35 heavy (non-hydrogen) atoms. The summed E-state index contributed by atoms with van der Waals surface area (Å²) in [6.45, 7) is 2.64. The number of fused-ring (bicyclic) bond motifs is 1. The van der Waals surface area contributed by atoms with E-state index < -0.39 is 0 Å². The molecular formula is C25H29N5O5. The Balaban J connectivity index is 1.77. The Labute approximate surface area is 203 Å². The number of rotatable bonds is 11. The molecule has 0 fully saturated rings. The van der Waals surface area contributed by atoms with Crippen LogP contribution in [0.2, 0.25) is 0 Å². The third-order valence-corrected chi connectivity index (χ3v) is 4.94. The van der Waals surface area contributed by atoms with Gasteiger partial charge in [-0.05, 0) is 32.2 Å². The third kappa shape index (κ3) is 7.15. The first-order chi connectivity index (χ1) is 16.9. The van der Waals surface area contributed by atoms with Crippen LogP contribution >= 0.6 is 0 Å². The summed E-state index contributed by atoms with van der Waals surface area (Å²) in [7, 11) is 4.89. The number of nitrogens with one attached hydrogen (secondary N) is 2. The fourth-order valence-corrected chi connectivity index (χ4v) is 3.29. The molecule has 0 aliphatic rings. The molecule has 0 bridgehead atoms. The van der Waals surface area contributed by atoms with Crippen LogP contribution in [0.25, 0.3) is 10.9 Å². The van der Waals surface area contributed by atoms with Gasteiger partial charge in [0, 0.05) is 35.8 Å². The molecule has 3 aromatic rings. The molecular weight excluding hydrogens is 450 g/mol. The Morgan fingerprint density at radius 3 is 2.69 bits per heavy atom. The lowest BCUT2D eigenvalue weighted by Gasteiger charge is -2.14. The lowest BCUT2D eigenvalue weighted by Crippen LogP contribution is -2.27. The molecule has 1 aromatic heterocycles. The van der Waals surface area contributed by atoms with Gasteiger partial charge < -0.3 is 24.8 Å². The number of likely N-dealkylation sites (N-methyl/N-ethyl adjacent to an activating group) is 1.